The van der Waals surface area contributed by atoms with Crippen LogP contribution in [-0.2, 0) is 21.7 Å². The van der Waals surface area contributed by atoms with Gasteiger partial charge in [0.1, 0.15) is 0 Å². The summed E-state index contributed by atoms with van der Waals surface area (Å²) in [6.07, 6.45) is 12.2. The predicted molar refractivity (Wildman–Crippen MR) is 168 cm³/mol. The molecule has 0 bridgehead atoms. The van der Waals surface area contributed by atoms with E-state index >= 15 is 0 Å². The first-order chi connectivity index (χ1) is 20.5. The molecule has 7 rings (SSSR count). The second kappa shape index (κ2) is 16.3. The van der Waals surface area contributed by atoms with Gasteiger partial charge in [-0.1, -0.05) is 105 Å². The second-order valence-electron chi connectivity index (χ2n) is 10.6. The van der Waals surface area contributed by atoms with Crippen LogP contribution in [0.1, 0.15) is 72.6 Å². The van der Waals surface area contributed by atoms with Crippen LogP contribution < -0.4 is 5.11 Å². The smallest absolute Gasteiger partial charge is 0.857 e. The van der Waals surface area contributed by atoms with Gasteiger partial charge in [0.2, 0.25) is 0 Å². The van der Waals surface area contributed by atoms with Crippen LogP contribution in [0, 0.1) is 12.3 Å². The van der Waals surface area contributed by atoms with Crippen LogP contribution in [-0.4, -0.2) is 29.3 Å². The van der Waals surface area contributed by atoms with Gasteiger partial charge in [0.05, 0.1) is 11.1 Å². The van der Waals surface area contributed by atoms with Crippen LogP contribution in [0.3, 0.4) is 0 Å². The Morgan fingerprint density at radius 3 is 1.67 bits per heavy atom. The van der Waals surface area contributed by atoms with Crippen molar-refractivity contribution in [3.8, 4) is 0 Å². The molecule has 43 heavy (non-hydrogen) atoms. The molecular formula is C37H38O5Ti. The Kier molecular flexibility index (Phi) is 12.8. The van der Waals surface area contributed by atoms with Gasteiger partial charge in [0.15, 0.2) is 0 Å². The number of allylic oxidation sites excluding steroid dienone is 4. The van der Waals surface area contributed by atoms with Crippen molar-refractivity contribution in [3.63, 3.8) is 0 Å². The molecule has 0 aromatic heterocycles. The van der Waals surface area contributed by atoms with E-state index in [0.29, 0.717) is 11.1 Å². The van der Waals surface area contributed by atoms with E-state index in [4.69, 9.17) is 15.3 Å². The average Bonchev–Trinajstić information content (AvgIpc) is 3.33. The van der Waals surface area contributed by atoms with Crippen molar-refractivity contribution in [3.05, 3.63) is 125 Å². The van der Waals surface area contributed by atoms with E-state index in [9.17, 15) is 9.59 Å². The maximum Gasteiger partial charge on any atom is 2.00 e. The van der Waals surface area contributed by atoms with Gasteiger partial charge in [-0.25, -0.2) is 21.6 Å². The van der Waals surface area contributed by atoms with E-state index in [1.165, 1.54) is 44.9 Å². The maximum absolute atomic E-state index is 10.8. The molecule has 0 saturated carbocycles. The molecule has 0 amide bonds. The van der Waals surface area contributed by atoms with E-state index in [2.05, 4.69) is 13.3 Å². The summed E-state index contributed by atoms with van der Waals surface area (Å²) in [5, 5.41) is 29.5. The molecule has 0 fully saturated rings. The number of rotatable bonds is 2. The minimum Gasteiger partial charge on any atom is -0.857 e. The minimum atomic E-state index is -0.878. The number of carboxylic acids is 2. The summed E-state index contributed by atoms with van der Waals surface area (Å²) in [5.41, 5.74) is 7.78. The molecule has 0 spiro atoms. The van der Waals surface area contributed by atoms with Gasteiger partial charge < -0.3 is 15.3 Å². The van der Waals surface area contributed by atoms with Crippen molar-refractivity contribution in [2.75, 3.05) is 7.11 Å². The zero-order valence-corrected chi connectivity index (χ0v) is 26.4. The Hall–Kier alpha value is -3.64. The quantitative estimate of drug-likeness (QED) is 0.176. The van der Waals surface area contributed by atoms with Crippen molar-refractivity contribution in [2.45, 2.75) is 51.9 Å². The molecule has 1 atom stereocenters. The molecule has 2 N–H and O–H groups in total. The average molecular weight is 611 g/mol. The van der Waals surface area contributed by atoms with E-state index in [1.807, 2.05) is 60.7 Å². The molecule has 0 heterocycles. The molecule has 3 aliphatic rings. The molecule has 4 aromatic carbocycles. The van der Waals surface area contributed by atoms with Gasteiger partial charge in [-0.3, -0.25) is 0 Å². The predicted octanol–water partition coefficient (Wildman–Crippen LogP) is 8.24. The minimum absolute atomic E-state index is 0. The largest absolute Gasteiger partial charge is 2.00 e. The number of aromatic carboxylic acids is 2. The van der Waals surface area contributed by atoms with Gasteiger partial charge >= 0.3 is 33.7 Å². The molecule has 6 heteroatoms. The third-order valence-electron chi connectivity index (χ3n) is 8.25. The number of benzene rings is 4. The van der Waals surface area contributed by atoms with Crippen LogP contribution in [0.5, 0.6) is 0 Å². The van der Waals surface area contributed by atoms with Crippen LogP contribution in [0.15, 0.2) is 107 Å². The first-order valence-electron chi connectivity index (χ1n) is 14.6. The molecule has 3 aliphatic carbocycles. The summed E-state index contributed by atoms with van der Waals surface area (Å²) in [5.74, 6) is -0.978. The Balaban J connectivity index is 0.000000170. The topological polar surface area (TPSA) is 97.7 Å². The SMILES string of the molecule is CC1C2=C(CCC[CH-]2)C2=C1CCCC2.C[O-].O=C(O)c1cccc2ccccc12.O=C(O)c1cccc2ccccc12.[Ti+2]. The van der Waals surface area contributed by atoms with E-state index in [1.54, 1.807) is 46.6 Å². The molecule has 0 aliphatic heterocycles. The standard InChI is InChI=1S/C14H19.2C11H8O2.CH3O.Ti/c1-10-11-6-2-4-8-13(11)14-9-5-3-7-12(10)14;2*12-11(13)10-7-3-5-8-4-1-2-6-9(8)10;1-2;/h6,10H,2-5,7-9H2,1H3;2*1-7H,(H,12,13);1H3;/q-1;;;-1;+2. The van der Waals surface area contributed by atoms with Crippen molar-refractivity contribution in [2.24, 2.45) is 5.92 Å². The third-order valence-corrected chi connectivity index (χ3v) is 8.25. The fourth-order valence-electron chi connectivity index (χ4n) is 6.33. The fraction of sp³-hybridized carbons (Fsp3) is 0.270. The van der Waals surface area contributed by atoms with Gasteiger partial charge in [-0.15, -0.1) is 12.0 Å². The Bertz CT molecular complexity index is 1500. The van der Waals surface area contributed by atoms with Crippen LogP contribution in [0.2, 0.25) is 0 Å². The van der Waals surface area contributed by atoms with E-state index < -0.39 is 11.9 Å². The second-order valence-corrected chi connectivity index (χ2v) is 10.6. The molecule has 1 unspecified atom stereocenters. The van der Waals surface area contributed by atoms with Crippen molar-refractivity contribution in [1.29, 1.82) is 0 Å². The Labute approximate surface area is 268 Å². The molecule has 220 valence electrons. The normalized spacial score (nSPS) is 16.5. The number of hydrogen-bond acceptors (Lipinski definition) is 3. The molecule has 0 radical (unpaired) electrons. The first-order valence-corrected chi connectivity index (χ1v) is 14.6. The van der Waals surface area contributed by atoms with Crippen molar-refractivity contribution in [1.82, 2.24) is 0 Å². The number of carboxylic acid groups (broad SMARTS) is 2. The van der Waals surface area contributed by atoms with Crippen molar-refractivity contribution < 1.29 is 46.6 Å². The van der Waals surface area contributed by atoms with Crippen molar-refractivity contribution >= 4 is 33.5 Å². The Morgan fingerprint density at radius 1 is 0.674 bits per heavy atom. The molecule has 4 aromatic rings. The van der Waals surface area contributed by atoms with Crippen LogP contribution in [0.25, 0.3) is 21.5 Å². The molecule has 5 nitrogen and oxygen atoms in total. The van der Waals surface area contributed by atoms with Gasteiger partial charge in [-0.2, -0.15) is 12.7 Å². The third kappa shape index (κ3) is 7.86. The number of fused-ring (bicyclic) bond motifs is 3. The summed E-state index contributed by atoms with van der Waals surface area (Å²) in [6.45, 7) is 2.42. The van der Waals surface area contributed by atoms with E-state index in [-0.39, 0.29) is 21.7 Å². The Morgan fingerprint density at radius 2 is 1.14 bits per heavy atom. The zero-order chi connectivity index (χ0) is 30.1. The van der Waals surface area contributed by atoms with Gasteiger partial charge in [0.25, 0.3) is 0 Å². The summed E-state index contributed by atoms with van der Waals surface area (Å²) in [4.78, 5) is 21.6. The van der Waals surface area contributed by atoms with E-state index in [0.717, 1.165) is 34.6 Å². The summed E-state index contributed by atoms with van der Waals surface area (Å²) in [7, 11) is 0.750. The van der Waals surface area contributed by atoms with Gasteiger partial charge in [-0.05, 0) is 58.9 Å². The van der Waals surface area contributed by atoms with Gasteiger partial charge in [0, 0.05) is 0 Å². The number of hydrogen-bond donors (Lipinski definition) is 2. The molecule has 0 saturated heterocycles. The first kappa shape index (κ1) is 33.9. The zero-order valence-electron chi connectivity index (χ0n) is 24.8. The maximum atomic E-state index is 10.8. The summed E-state index contributed by atoms with van der Waals surface area (Å²) in [6, 6.07) is 25.5. The van der Waals surface area contributed by atoms with Crippen LogP contribution in [0.4, 0.5) is 0 Å². The monoisotopic (exact) mass is 610 g/mol. The summed E-state index contributed by atoms with van der Waals surface area (Å²) < 4.78 is 0. The molecular weight excluding hydrogens is 572 g/mol. The fourth-order valence-corrected chi connectivity index (χ4v) is 6.33. The van der Waals surface area contributed by atoms with Crippen LogP contribution >= 0.6 is 0 Å². The summed E-state index contributed by atoms with van der Waals surface area (Å²) >= 11 is 0. The number of carbonyl (C=O) groups is 2.